The summed E-state index contributed by atoms with van der Waals surface area (Å²) in [6.45, 7) is 0.833. The van der Waals surface area contributed by atoms with Crippen LogP contribution in [0.1, 0.15) is 17.2 Å². The highest BCUT2D eigenvalue weighted by molar-refractivity contribution is 8.00. The molecule has 1 saturated heterocycles. The monoisotopic (exact) mass is 391 g/mol. The van der Waals surface area contributed by atoms with Gasteiger partial charge >= 0.3 is 5.97 Å². The van der Waals surface area contributed by atoms with Crippen molar-refractivity contribution in [1.29, 1.82) is 0 Å². The Morgan fingerprint density at radius 3 is 2.65 bits per heavy atom. The molecular formula is C19H18ClNO4S. The van der Waals surface area contributed by atoms with Crippen molar-refractivity contribution in [3.05, 3.63) is 59.1 Å². The van der Waals surface area contributed by atoms with Crippen LogP contribution in [0.3, 0.4) is 0 Å². The lowest BCUT2D eigenvalue weighted by Gasteiger charge is -2.31. The quantitative estimate of drug-likeness (QED) is 0.798. The number of aliphatic carboxylic acids is 1. The summed E-state index contributed by atoms with van der Waals surface area (Å²) in [6, 6.07) is 14.6. The number of halogens is 1. The molecule has 0 aromatic heterocycles. The number of para-hydroxylation sites is 1. The number of hydrogen-bond donors (Lipinski definition) is 1. The topological polar surface area (TPSA) is 66.8 Å². The maximum Gasteiger partial charge on any atom is 0.305 e. The zero-order valence-electron chi connectivity index (χ0n) is 13.9. The van der Waals surface area contributed by atoms with E-state index in [0.717, 1.165) is 11.3 Å². The second kappa shape index (κ2) is 8.47. The van der Waals surface area contributed by atoms with Crippen molar-refractivity contribution in [3.8, 4) is 11.5 Å². The van der Waals surface area contributed by atoms with Gasteiger partial charge in [-0.05, 0) is 29.8 Å². The van der Waals surface area contributed by atoms with E-state index in [1.165, 1.54) is 0 Å². The van der Waals surface area contributed by atoms with Gasteiger partial charge in [-0.1, -0.05) is 35.9 Å². The molecule has 0 radical (unpaired) electrons. The van der Waals surface area contributed by atoms with Crippen LogP contribution >= 0.6 is 23.4 Å². The molecule has 2 aromatic carbocycles. The lowest BCUT2D eigenvalue weighted by Crippen LogP contribution is -2.41. The molecule has 1 N–H and O–H groups in total. The smallest absolute Gasteiger partial charge is 0.305 e. The molecule has 1 heterocycles. The van der Waals surface area contributed by atoms with E-state index in [1.54, 1.807) is 28.8 Å². The van der Waals surface area contributed by atoms with Crippen molar-refractivity contribution in [2.75, 3.05) is 18.8 Å². The molecule has 1 fully saturated rings. The van der Waals surface area contributed by atoms with Gasteiger partial charge in [0.25, 0.3) is 0 Å². The average Bonchev–Trinajstić information content (AvgIpc) is 2.63. The van der Waals surface area contributed by atoms with Crippen molar-refractivity contribution >= 4 is 35.2 Å². The van der Waals surface area contributed by atoms with E-state index in [2.05, 4.69) is 0 Å². The number of rotatable bonds is 6. The van der Waals surface area contributed by atoms with Gasteiger partial charge in [-0.15, -0.1) is 11.8 Å². The summed E-state index contributed by atoms with van der Waals surface area (Å²) in [5, 5.41) is 9.04. The lowest BCUT2D eigenvalue weighted by molar-refractivity contribution is -0.138. The number of hydrogen-bond acceptors (Lipinski definition) is 4. The van der Waals surface area contributed by atoms with Crippen LogP contribution in [0.15, 0.2) is 48.5 Å². The molecule has 1 aliphatic rings. The number of benzene rings is 2. The van der Waals surface area contributed by atoms with Gasteiger partial charge in [-0.3, -0.25) is 9.59 Å². The molecule has 1 aliphatic heterocycles. The van der Waals surface area contributed by atoms with Gasteiger partial charge in [-0.25, -0.2) is 0 Å². The van der Waals surface area contributed by atoms with Crippen LogP contribution in [-0.4, -0.2) is 40.7 Å². The fraction of sp³-hybridized carbons (Fsp3) is 0.263. The number of carboxylic acids is 1. The third-order valence-electron chi connectivity index (χ3n) is 4.02. The first kappa shape index (κ1) is 18.6. The van der Waals surface area contributed by atoms with E-state index in [0.29, 0.717) is 23.1 Å². The van der Waals surface area contributed by atoms with E-state index in [-0.39, 0.29) is 24.1 Å². The molecule has 26 heavy (non-hydrogen) atoms. The Bertz CT molecular complexity index is 796. The highest BCUT2D eigenvalue weighted by Crippen LogP contribution is 2.36. The zero-order chi connectivity index (χ0) is 18.5. The fourth-order valence-electron chi connectivity index (χ4n) is 2.68. The standard InChI is InChI=1S/C19H18ClNO4S/c20-15-3-1-2-4-16(15)25-14-7-5-13(6-8-14)18-19(24)21(11-12-26-18)10-9-17(22)23/h1-8,18H,9-12H2,(H,22,23). The fourth-order valence-corrected chi connectivity index (χ4v) is 4.06. The molecule has 0 spiro atoms. The van der Waals surface area contributed by atoms with Crippen molar-refractivity contribution in [3.63, 3.8) is 0 Å². The Morgan fingerprint density at radius 2 is 1.96 bits per heavy atom. The van der Waals surface area contributed by atoms with Crippen LogP contribution in [-0.2, 0) is 9.59 Å². The van der Waals surface area contributed by atoms with Crippen molar-refractivity contribution in [2.45, 2.75) is 11.7 Å². The summed E-state index contributed by atoms with van der Waals surface area (Å²) < 4.78 is 5.76. The highest BCUT2D eigenvalue weighted by Gasteiger charge is 2.30. The molecule has 1 unspecified atom stereocenters. The van der Waals surface area contributed by atoms with Crippen LogP contribution in [0.2, 0.25) is 5.02 Å². The zero-order valence-corrected chi connectivity index (χ0v) is 15.5. The van der Waals surface area contributed by atoms with Crippen molar-refractivity contribution in [1.82, 2.24) is 4.90 Å². The molecule has 7 heteroatoms. The van der Waals surface area contributed by atoms with E-state index in [1.807, 2.05) is 36.4 Å². The second-order valence-electron chi connectivity index (χ2n) is 5.82. The van der Waals surface area contributed by atoms with Gasteiger partial charge in [0.05, 0.1) is 11.4 Å². The minimum absolute atomic E-state index is 0.0340. The maximum absolute atomic E-state index is 12.6. The predicted molar refractivity (Wildman–Crippen MR) is 102 cm³/mol. The van der Waals surface area contributed by atoms with Crippen LogP contribution in [0.25, 0.3) is 0 Å². The first-order valence-corrected chi connectivity index (χ1v) is 9.62. The third kappa shape index (κ3) is 4.51. The van der Waals surface area contributed by atoms with Crippen molar-refractivity contribution < 1.29 is 19.4 Å². The van der Waals surface area contributed by atoms with E-state index < -0.39 is 5.97 Å². The predicted octanol–water partition coefficient (Wildman–Crippen LogP) is 4.22. The van der Waals surface area contributed by atoms with Crippen LogP contribution in [0.5, 0.6) is 11.5 Å². The van der Waals surface area contributed by atoms with Crippen LogP contribution in [0, 0.1) is 0 Å². The summed E-state index contributed by atoms with van der Waals surface area (Å²) >= 11 is 7.67. The second-order valence-corrected chi connectivity index (χ2v) is 7.44. The first-order chi connectivity index (χ1) is 12.5. The largest absolute Gasteiger partial charge is 0.481 e. The Morgan fingerprint density at radius 1 is 1.23 bits per heavy atom. The first-order valence-electron chi connectivity index (χ1n) is 8.19. The molecule has 1 amide bonds. The molecule has 136 valence electrons. The van der Waals surface area contributed by atoms with Crippen LogP contribution < -0.4 is 4.74 Å². The Balaban J connectivity index is 1.68. The van der Waals surface area contributed by atoms with E-state index in [9.17, 15) is 9.59 Å². The van der Waals surface area contributed by atoms with Gasteiger partial charge < -0.3 is 14.7 Å². The molecule has 0 saturated carbocycles. The molecule has 1 atom stereocenters. The highest BCUT2D eigenvalue weighted by atomic mass is 35.5. The molecule has 3 rings (SSSR count). The van der Waals surface area contributed by atoms with E-state index >= 15 is 0 Å². The average molecular weight is 392 g/mol. The Hall–Kier alpha value is -2.18. The van der Waals surface area contributed by atoms with Gasteiger partial charge in [0, 0.05) is 18.8 Å². The Kier molecular flexibility index (Phi) is 6.06. The number of carboxylic acid groups (broad SMARTS) is 1. The molecule has 0 aliphatic carbocycles. The number of thioether (sulfide) groups is 1. The number of amides is 1. The molecule has 0 bridgehead atoms. The minimum atomic E-state index is -0.895. The molecule has 5 nitrogen and oxygen atoms in total. The molecule has 2 aromatic rings. The van der Waals surface area contributed by atoms with Crippen molar-refractivity contribution in [2.24, 2.45) is 0 Å². The van der Waals surface area contributed by atoms with Gasteiger partial charge in [0.2, 0.25) is 5.91 Å². The normalized spacial score (nSPS) is 17.2. The summed E-state index contributed by atoms with van der Waals surface area (Å²) in [5.74, 6) is 1.06. The van der Waals surface area contributed by atoms with Gasteiger partial charge in [0.15, 0.2) is 0 Å². The lowest BCUT2D eigenvalue weighted by atomic mass is 10.1. The van der Waals surface area contributed by atoms with Gasteiger partial charge in [-0.2, -0.15) is 0 Å². The minimum Gasteiger partial charge on any atom is -0.481 e. The van der Waals surface area contributed by atoms with Crippen LogP contribution in [0.4, 0.5) is 0 Å². The number of ether oxygens (including phenoxy) is 1. The van der Waals surface area contributed by atoms with E-state index in [4.69, 9.17) is 21.4 Å². The number of carbonyl (C=O) groups excluding carboxylic acids is 1. The summed E-state index contributed by atoms with van der Waals surface area (Å²) in [5.41, 5.74) is 0.881. The maximum atomic E-state index is 12.6. The summed E-state index contributed by atoms with van der Waals surface area (Å²) in [4.78, 5) is 25.0. The summed E-state index contributed by atoms with van der Waals surface area (Å²) in [7, 11) is 0. The van der Waals surface area contributed by atoms with Gasteiger partial charge in [0.1, 0.15) is 16.7 Å². The molecular weight excluding hydrogens is 374 g/mol. The third-order valence-corrected chi connectivity index (χ3v) is 5.56. The SMILES string of the molecule is O=C(O)CCN1CCSC(c2ccc(Oc3ccccc3Cl)cc2)C1=O. The number of nitrogens with zero attached hydrogens (tertiary/aromatic N) is 1. The Labute approximate surface area is 160 Å². The summed E-state index contributed by atoms with van der Waals surface area (Å²) in [6.07, 6.45) is -0.0340. The number of carbonyl (C=O) groups is 2.